The minimum absolute atomic E-state index is 0.113. The second-order valence-electron chi connectivity index (χ2n) is 5.90. The van der Waals surface area contributed by atoms with E-state index >= 15 is 0 Å². The van der Waals surface area contributed by atoms with Gasteiger partial charge < -0.3 is 23.7 Å². The Morgan fingerprint density at radius 3 is 2.41 bits per heavy atom. The Kier molecular flexibility index (Phi) is 5.89. The zero-order valence-corrected chi connectivity index (χ0v) is 16.1. The summed E-state index contributed by atoms with van der Waals surface area (Å²) in [6.07, 6.45) is 1.56. The number of allylic oxidation sites excluding steroid dienone is 1. The van der Waals surface area contributed by atoms with E-state index < -0.39 is 5.91 Å². The first kappa shape index (κ1) is 20.0. The van der Waals surface area contributed by atoms with E-state index in [0.29, 0.717) is 39.9 Å². The number of nitrogens with one attached hydrogen (secondary N) is 1. The number of hydrazine groups is 1. The molecular weight excluding hydrogens is 380 g/mol. The highest BCUT2D eigenvalue weighted by Gasteiger charge is 2.28. The molecule has 0 spiro atoms. The highest BCUT2D eigenvalue weighted by Crippen LogP contribution is 2.38. The van der Waals surface area contributed by atoms with Crippen molar-refractivity contribution in [3.8, 4) is 28.7 Å². The van der Waals surface area contributed by atoms with Crippen molar-refractivity contribution in [1.82, 2.24) is 5.43 Å². The summed E-state index contributed by atoms with van der Waals surface area (Å²) in [7, 11) is 4.55. The molecule has 1 heterocycles. The fourth-order valence-electron chi connectivity index (χ4n) is 2.75. The first-order chi connectivity index (χ1) is 14.0. The second-order valence-corrected chi connectivity index (χ2v) is 5.90. The van der Waals surface area contributed by atoms with Crippen LogP contribution < -0.4 is 35.0 Å². The number of hydrogen-bond donors (Lipinski definition) is 2. The van der Waals surface area contributed by atoms with Gasteiger partial charge in [0, 0.05) is 17.7 Å². The smallest absolute Gasteiger partial charge is 0.271 e. The lowest BCUT2D eigenvalue weighted by Gasteiger charge is -2.12. The number of Topliss-reactive ketones (excluding diaryl/α,β-unsaturated/α-hetero) is 1. The lowest BCUT2D eigenvalue weighted by atomic mass is 10.1. The van der Waals surface area contributed by atoms with Crippen molar-refractivity contribution in [2.75, 3.05) is 27.9 Å². The van der Waals surface area contributed by atoms with Crippen LogP contribution in [0.1, 0.15) is 15.9 Å². The Bertz CT molecular complexity index is 985. The average Bonchev–Trinajstić information content (AvgIpc) is 3.06. The second kappa shape index (κ2) is 8.53. The molecule has 2 aromatic carbocycles. The molecule has 1 amide bonds. The number of hydrogen-bond acceptors (Lipinski definition) is 8. The maximum atomic E-state index is 12.7. The van der Waals surface area contributed by atoms with E-state index in [0.717, 1.165) is 0 Å². The van der Waals surface area contributed by atoms with Crippen molar-refractivity contribution in [1.29, 1.82) is 0 Å². The molecule has 1 aliphatic rings. The van der Waals surface area contributed by atoms with E-state index in [4.69, 9.17) is 29.5 Å². The number of ketones is 1. The van der Waals surface area contributed by atoms with Crippen LogP contribution in [0, 0.1) is 0 Å². The van der Waals surface area contributed by atoms with Gasteiger partial charge in [-0.1, -0.05) is 0 Å². The highest BCUT2D eigenvalue weighted by molar-refractivity contribution is 6.14. The summed E-state index contributed by atoms with van der Waals surface area (Å²) in [5.74, 6) is 6.51. The molecule has 0 saturated heterocycles. The number of amides is 1. The van der Waals surface area contributed by atoms with Crippen LogP contribution in [0.3, 0.4) is 0 Å². The Morgan fingerprint density at radius 1 is 1.07 bits per heavy atom. The predicted molar refractivity (Wildman–Crippen MR) is 103 cm³/mol. The van der Waals surface area contributed by atoms with E-state index in [1.54, 1.807) is 30.3 Å². The first-order valence-corrected chi connectivity index (χ1v) is 8.51. The van der Waals surface area contributed by atoms with Crippen LogP contribution in [0.5, 0.6) is 28.7 Å². The number of nitrogens with two attached hydrogens (primary N) is 1. The van der Waals surface area contributed by atoms with Gasteiger partial charge in [-0.3, -0.25) is 15.0 Å². The van der Waals surface area contributed by atoms with E-state index in [-0.39, 0.29) is 18.1 Å². The molecule has 0 bridgehead atoms. The van der Waals surface area contributed by atoms with Crippen molar-refractivity contribution in [2.24, 2.45) is 5.84 Å². The Labute approximate surface area is 166 Å². The molecule has 2 aromatic rings. The van der Waals surface area contributed by atoms with Crippen LogP contribution in [0.15, 0.2) is 36.1 Å². The van der Waals surface area contributed by atoms with Gasteiger partial charge in [0.05, 0.1) is 26.9 Å². The van der Waals surface area contributed by atoms with Gasteiger partial charge >= 0.3 is 0 Å². The Hall–Kier alpha value is -3.72. The minimum atomic E-state index is -0.483. The fraction of sp³-hybridized carbons (Fsp3) is 0.200. The summed E-state index contributed by atoms with van der Waals surface area (Å²) in [5, 5.41) is 0. The van der Waals surface area contributed by atoms with Crippen LogP contribution >= 0.6 is 0 Å². The van der Waals surface area contributed by atoms with Gasteiger partial charge in [0.15, 0.2) is 23.9 Å². The largest absolute Gasteiger partial charge is 0.496 e. The molecule has 152 valence electrons. The summed E-state index contributed by atoms with van der Waals surface area (Å²) in [4.78, 5) is 23.9. The summed E-state index contributed by atoms with van der Waals surface area (Å²) >= 11 is 0. The SMILES string of the molecule is COc1cc(OC)c(OC)cc1C=C1Oc2cc(OCC(=O)NN)ccc2C1=O. The third-order valence-corrected chi connectivity index (χ3v) is 4.19. The summed E-state index contributed by atoms with van der Waals surface area (Å²) in [6.45, 7) is -0.255. The molecule has 1 aliphatic heterocycles. The molecule has 9 nitrogen and oxygen atoms in total. The molecule has 0 unspecified atom stereocenters. The van der Waals surface area contributed by atoms with E-state index in [1.165, 1.54) is 27.4 Å². The zero-order valence-electron chi connectivity index (χ0n) is 16.1. The van der Waals surface area contributed by atoms with E-state index in [9.17, 15) is 9.59 Å². The van der Waals surface area contributed by atoms with Crippen LogP contribution in [-0.4, -0.2) is 39.6 Å². The standard InChI is InChI=1S/C20H20N2O7/c1-25-14-9-17(27-3)16(26-2)6-11(14)7-18-20(24)13-5-4-12(8-15(13)29-18)28-10-19(23)22-21/h4-9H,10,21H2,1-3H3,(H,22,23). The Morgan fingerprint density at radius 2 is 1.76 bits per heavy atom. The number of carbonyl (C=O) groups excluding carboxylic acids is 2. The lowest BCUT2D eigenvalue weighted by Crippen LogP contribution is -2.34. The van der Waals surface area contributed by atoms with Crippen molar-refractivity contribution in [2.45, 2.75) is 0 Å². The molecule has 0 radical (unpaired) electrons. The number of benzene rings is 2. The maximum Gasteiger partial charge on any atom is 0.271 e. The quantitative estimate of drug-likeness (QED) is 0.312. The molecule has 3 N–H and O–H groups in total. The highest BCUT2D eigenvalue weighted by atomic mass is 16.5. The van der Waals surface area contributed by atoms with Gasteiger partial charge in [-0.25, -0.2) is 5.84 Å². The van der Waals surface area contributed by atoms with Crippen LogP contribution in [-0.2, 0) is 4.79 Å². The van der Waals surface area contributed by atoms with Gasteiger partial charge in [-0.15, -0.1) is 0 Å². The molecule has 0 atom stereocenters. The average molecular weight is 400 g/mol. The fourth-order valence-corrected chi connectivity index (χ4v) is 2.75. The molecule has 0 aliphatic carbocycles. The van der Waals surface area contributed by atoms with Gasteiger partial charge in [0.25, 0.3) is 5.91 Å². The van der Waals surface area contributed by atoms with Gasteiger partial charge in [0.2, 0.25) is 5.78 Å². The lowest BCUT2D eigenvalue weighted by molar-refractivity contribution is -0.123. The van der Waals surface area contributed by atoms with Crippen molar-refractivity contribution in [3.05, 3.63) is 47.2 Å². The maximum absolute atomic E-state index is 12.7. The molecule has 29 heavy (non-hydrogen) atoms. The normalized spacial score (nSPS) is 13.5. The summed E-state index contributed by atoms with van der Waals surface area (Å²) in [6, 6.07) is 8.02. The molecule has 0 fully saturated rings. The van der Waals surface area contributed by atoms with Gasteiger partial charge in [-0.2, -0.15) is 0 Å². The summed E-state index contributed by atoms with van der Waals surface area (Å²) < 4.78 is 27.0. The zero-order chi connectivity index (χ0) is 21.0. The number of rotatable bonds is 7. The number of ether oxygens (including phenoxy) is 5. The Balaban J connectivity index is 1.89. The van der Waals surface area contributed by atoms with Crippen molar-refractivity contribution in [3.63, 3.8) is 0 Å². The topological polar surface area (TPSA) is 118 Å². The molecular formula is C20H20N2O7. The van der Waals surface area contributed by atoms with Crippen LogP contribution in [0.25, 0.3) is 6.08 Å². The van der Waals surface area contributed by atoms with Crippen molar-refractivity contribution < 1.29 is 33.3 Å². The third kappa shape index (κ3) is 4.09. The van der Waals surface area contributed by atoms with Crippen LogP contribution in [0.4, 0.5) is 0 Å². The van der Waals surface area contributed by atoms with E-state index in [2.05, 4.69) is 0 Å². The molecule has 9 heteroatoms. The van der Waals surface area contributed by atoms with Crippen molar-refractivity contribution >= 4 is 17.8 Å². The van der Waals surface area contributed by atoms with Gasteiger partial charge in [0.1, 0.15) is 17.2 Å². The number of carbonyl (C=O) groups is 2. The third-order valence-electron chi connectivity index (χ3n) is 4.19. The molecule has 3 rings (SSSR count). The van der Waals surface area contributed by atoms with Gasteiger partial charge in [-0.05, 0) is 24.3 Å². The molecule has 0 aromatic heterocycles. The first-order valence-electron chi connectivity index (χ1n) is 8.51. The predicted octanol–water partition coefficient (Wildman–Crippen LogP) is 1.70. The minimum Gasteiger partial charge on any atom is -0.496 e. The summed E-state index contributed by atoms with van der Waals surface area (Å²) in [5.41, 5.74) is 2.93. The van der Waals surface area contributed by atoms with E-state index in [1.807, 2.05) is 5.43 Å². The molecule has 0 saturated carbocycles. The number of methoxy groups -OCH3 is 3. The monoisotopic (exact) mass is 400 g/mol. The number of fused-ring (bicyclic) bond motifs is 1. The van der Waals surface area contributed by atoms with Crippen LogP contribution in [0.2, 0.25) is 0 Å².